The minimum atomic E-state index is -1.98. The third-order valence-corrected chi connectivity index (χ3v) is 8.52. The lowest BCUT2D eigenvalue weighted by atomic mass is 9.81. The normalized spacial score (nSPS) is 20.6. The number of nitrogens with zero attached hydrogens (tertiary/aromatic N) is 2. The number of nitrogens with one attached hydrogen (secondary N) is 3. The van der Waals surface area contributed by atoms with Gasteiger partial charge in [0.2, 0.25) is 0 Å². The van der Waals surface area contributed by atoms with Crippen molar-refractivity contribution >= 4 is 22.8 Å². The highest BCUT2D eigenvalue weighted by Gasteiger charge is 2.46. The van der Waals surface area contributed by atoms with E-state index in [2.05, 4.69) is 15.5 Å². The number of aliphatic hydroxyl groups is 1. The van der Waals surface area contributed by atoms with Crippen LogP contribution in [0.5, 0.6) is 0 Å². The minimum Gasteiger partial charge on any atom is -0.458 e. The fourth-order valence-corrected chi connectivity index (χ4v) is 6.39. The molecule has 3 aliphatic rings. The van der Waals surface area contributed by atoms with Gasteiger partial charge in [-0.05, 0) is 48.9 Å². The maximum atomic E-state index is 15.0. The number of hydrogen-bond acceptors (Lipinski definition) is 7. The number of pyridine rings is 2. The summed E-state index contributed by atoms with van der Waals surface area (Å²) < 4.78 is 21.7. The number of carbonyl (C=O) groups excluding carboxylic acids is 2. The number of hydrogen-bond donors (Lipinski definition) is 4. The molecule has 0 saturated carbocycles. The van der Waals surface area contributed by atoms with Crippen LogP contribution in [0, 0.1) is 12.7 Å². The van der Waals surface area contributed by atoms with Crippen molar-refractivity contribution in [1.29, 1.82) is 0 Å². The topological polar surface area (TPSA) is 159 Å². The Morgan fingerprint density at radius 1 is 1.23 bits per heavy atom. The number of H-pyrrole nitrogens is 2. The molecule has 7 rings (SSSR count). The Kier molecular flexibility index (Phi) is 5.02. The summed E-state index contributed by atoms with van der Waals surface area (Å²) in [6.07, 6.45) is 0.962. The van der Waals surface area contributed by atoms with E-state index in [1.807, 2.05) is 0 Å². The van der Waals surface area contributed by atoms with E-state index in [0.29, 0.717) is 40.9 Å². The summed E-state index contributed by atoms with van der Waals surface area (Å²) >= 11 is 0. The number of cyclic esters (lactones) is 1. The molecule has 40 heavy (non-hydrogen) atoms. The standard InChI is InChI=1S/C28H24FN5O6/c1-3-28(39)15-6-20-24-13(9-34(20)26(37)14(15)10-40-27(28)38)23-17(31-25(36)19-8-21(35)33-32-19)5-4-12-11(2)16(29)7-18(30-24)22(12)23/h6-8,17,39H,3-5,9-10H2,1-2H3,(H,31,36)(H2,32,33,35)/t17-,28-/m0/s1. The number of esters is 1. The monoisotopic (exact) mass is 545 g/mol. The predicted octanol–water partition coefficient (Wildman–Crippen LogP) is 1.96. The number of benzene rings is 1. The fourth-order valence-electron chi connectivity index (χ4n) is 6.39. The molecule has 4 N–H and O–H groups in total. The van der Waals surface area contributed by atoms with Crippen LogP contribution in [0.25, 0.3) is 22.3 Å². The third-order valence-electron chi connectivity index (χ3n) is 8.52. The van der Waals surface area contributed by atoms with Gasteiger partial charge < -0.3 is 19.7 Å². The lowest BCUT2D eigenvalue weighted by molar-refractivity contribution is -0.172. The van der Waals surface area contributed by atoms with Crippen LogP contribution in [-0.4, -0.2) is 36.7 Å². The number of amides is 1. The van der Waals surface area contributed by atoms with E-state index in [-0.39, 0.29) is 36.4 Å². The number of rotatable bonds is 3. The van der Waals surface area contributed by atoms with Gasteiger partial charge in [0.15, 0.2) is 5.60 Å². The fraction of sp³-hybridized carbons (Fsp3) is 0.321. The van der Waals surface area contributed by atoms with Crippen LogP contribution in [0.3, 0.4) is 0 Å². The van der Waals surface area contributed by atoms with Gasteiger partial charge in [-0.3, -0.25) is 24.6 Å². The first-order valence-electron chi connectivity index (χ1n) is 13.0. The zero-order valence-corrected chi connectivity index (χ0v) is 21.6. The summed E-state index contributed by atoms with van der Waals surface area (Å²) in [6.45, 7) is 3.22. The van der Waals surface area contributed by atoms with Crippen molar-refractivity contribution in [2.75, 3.05) is 0 Å². The smallest absolute Gasteiger partial charge is 0.343 e. The van der Waals surface area contributed by atoms with Gasteiger partial charge in [-0.1, -0.05) is 6.92 Å². The predicted molar refractivity (Wildman–Crippen MR) is 139 cm³/mol. The Morgan fingerprint density at radius 3 is 2.75 bits per heavy atom. The Morgan fingerprint density at radius 2 is 2.02 bits per heavy atom. The van der Waals surface area contributed by atoms with E-state index in [9.17, 15) is 24.3 Å². The van der Waals surface area contributed by atoms with Gasteiger partial charge in [0.25, 0.3) is 17.0 Å². The van der Waals surface area contributed by atoms with Crippen molar-refractivity contribution in [2.45, 2.75) is 57.9 Å². The summed E-state index contributed by atoms with van der Waals surface area (Å²) in [4.78, 5) is 55.6. The van der Waals surface area contributed by atoms with Crippen LogP contribution in [0.1, 0.15) is 69.7 Å². The van der Waals surface area contributed by atoms with Gasteiger partial charge in [0, 0.05) is 28.6 Å². The molecule has 4 aromatic rings. The minimum absolute atomic E-state index is 0.00812. The summed E-state index contributed by atoms with van der Waals surface area (Å²) in [6, 6.07) is 3.60. The molecule has 0 unspecified atom stereocenters. The molecule has 1 aromatic carbocycles. The van der Waals surface area contributed by atoms with Crippen LogP contribution in [-0.2, 0) is 34.7 Å². The van der Waals surface area contributed by atoms with Gasteiger partial charge in [-0.15, -0.1) is 0 Å². The molecule has 11 nitrogen and oxygen atoms in total. The number of ether oxygens (including phenoxy) is 1. The van der Waals surface area contributed by atoms with Crippen molar-refractivity contribution < 1.29 is 23.8 Å². The Hall–Kier alpha value is -4.58. The maximum Gasteiger partial charge on any atom is 0.343 e. The van der Waals surface area contributed by atoms with Crippen molar-refractivity contribution in [3.8, 4) is 11.4 Å². The second-order valence-electron chi connectivity index (χ2n) is 10.5. The lowest BCUT2D eigenvalue weighted by Gasteiger charge is -2.31. The molecule has 3 aromatic heterocycles. The van der Waals surface area contributed by atoms with E-state index in [0.717, 1.165) is 22.6 Å². The summed E-state index contributed by atoms with van der Waals surface area (Å²) in [7, 11) is 0. The number of carbonyl (C=O) groups is 2. The molecule has 12 heteroatoms. The zero-order chi connectivity index (χ0) is 28.1. The van der Waals surface area contributed by atoms with Gasteiger partial charge in [0.1, 0.15) is 18.1 Å². The SMILES string of the molecule is CC[C@@]1(O)C(=O)OCc2c1cc1n(c2=O)Cc2c-1nc1cc(F)c(C)c3c1c2[C@@H](NC(=O)c1cc(=O)[nH][nH]1)CC3. The number of fused-ring (bicyclic) bond motifs is 5. The molecule has 0 saturated heterocycles. The number of aromatic nitrogens is 4. The quantitative estimate of drug-likeness (QED) is 0.252. The van der Waals surface area contributed by atoms with Crippen LogP contribution in [0.15, 0.2) is 27.8 Å². The van der Waals surface area contributed by atoms with E-state index < -0.39 is 40.5 Å². The highest BCUT2D eigenvalue weighted by molar-refractivity contribution is 5.96. The highest BCUT2D eigenvalue weighted by atomic mass is 19.1. The highest BCUT2D eigenvalue weighted by Crippen LogP contribution is 2.46. The second kappa shape index (κ2) is 8.21. The summed E-state index contributed by atoms with van der Waals surface area (Å²) in [5, 5.41) is 19.8. The van der Waals surface area contributed by atoms with Gasteiger partial charge in [-0.25, -0.2) is 14.2 Å². The average Bonchev–Trinajstić information content (AvgIpc) is 3.54. The van der Waals surface area contributed by atoms with Crippen molar-refractivity contribution in [3.63, 3.8) is 0 Å². The Labute approximate surface area is 225 Å². The van der Waals surface area contributed by atoms with E-state index in [4.69, 9.17) is 9.72 Å². The van der Waals surface area contributed by atoms with Crippen LogP contribution >= 0.6 is 0 Å². The van der Waals surface area contributed by atoms with E-state index >= 15 is 4.39 Å². The Balaban J connectivity index is 1.47. The first kappa shape index (κ1) is 24.5. The van der Waals surface area contributed by atoms with Gasteiger partial charge in [-0.2, -0.15) is 0 Å². The van der Waals surface area contributed by atoms with Crippen molar-refractivity contribution in [1.82, 2.24) is 25.1 Å². The van der Waals surface area contributed by atoms with Crippen LogP contribution in [0.2, 0.25) is 0 Å². The molecule has 0 spiro atoms. The van der Waals surface area contributed by atoms with Gasteiger partial charge >= 0.3 is 5.97 Å². The molecule has 1 amide bonds. The number of aryl methyl sites for hydroxylation is 1. The molecule has 0 fully saturated rings. The maximum absolute atomic E-state index is 15.0. The van der Waals surface area contributed by atoms with Gasteiger partial charge in [0.05, 0.1) is 35.1 Å². The van der Waals surface area contributed by atoms with E-state index in [1.54, 1.807) is 19.9 Å². The largest absolute Gasteiger partial charge is 0.458 e. The first-order valence-corrected chi connectivity index (χ1v) is 13.0. The molecule has 204 valence electrons. The molecule has 0 bridgehead atoms. The number of halogens is 1. The van der Waals surface area contributed by atoms with Crippen molar-refractivity contribution in [2.24, 2.45) is 0 Å². The average molecular weight is 546 g/mol. The molecule has 5 heterocycles. The third kappa shape index (κ3) is 3.16. The first-order chi connectivity index (χ1) is 19.1. The van der Waals surface area contributed by atoms with Crippen LogP contribution in [0.4, 0.5) is 4.39 Å². The molecule has 2 atom stereocenters. The molecular weight excluding hydrogens is 521 g/mol. The molecule has 0 radical (unpaired) electrons. The second-order valence-corrected chi connectivity index (χ2v) is 10.5. The molecule has 2 aliphatic heterocycles. The summed E-state index contributed by atoms with van der Waals surface area (Å²) in [5.74, 6) is -1.72. The van der Waals surface area contributed by atoms with E-state index in [1.165, 1.54) is 10.6 Å². The Bertz CT molecular complexity index is 1940. The molecular formula is C28H24FN5O6. The lowest BCUT2D eigenvalue weighted by Crippen LogP contribution is -2.44. The van der Waals surface area contributed by atoms with Crippen molar-refractivity contribution in [3.05, 3.63) is 83.8 Å². The zero-order valence-electron chi connectivity index (χ0n) is 21.6. The molecule has 1 aliphatic carbocycles. The summed E-state index contributed by atoms with van der Waals surface area (Å²) in [5.41, 5.74) is 1.54. The number of aromatic amines is 2. The van der Waals surface area contributed by atoms with Crippen LogP contribution < -0.4 is 16.4 Å².